The van der Waals surface area contributed by atoms with Gasteiger partial charge in [-0.05, 0) is 42.0 Å². The van der Waals surface area contributed by atoms with Gasteiger partial charge in [-0.2, -0.15) is 0 Å². The van der Waals surface area contributed by atoms with Crippen LogP contribution in [0.5, 0.6) is 17.2 Å². The lowest BCUT2D eigenvalue weighted by atomic mass is 9.76. The van der Waals surface area contributed by atoms with Crippen LogP contribution >= 0.6 is 0 Å². The van der Waals surface area contributed by atoms with Crippen molar-refractivity contribution in [2.45, 2.75) is 18.0 Å². The van der Waals surface area contributed by atoms with Crippen molar-refractivity contribution in [1.29, 1.82) is 0 Å². The smallest absolute Gasteiger partial charge is 0.325 e. The van der Waals surface area contributed by atoms with Crippen molar-refractivity contribution in [3.8, 4) is 17.2 Å². The van der Waals surface area contributed by atoms with Gasteiger partial charge in [0.1, 0.15) is 11.4 Å². The average Bonchev–Trinajstić information content (AvgIpc) is 3.42. The van der Waals surface area contributed by atoms with Crippen molar-refractivity contribution in [1.82, 2.24) is 5.32 Å². The molecule has 0 bridgehead atoms. The lowest BCUT2D eigenvalue weighted by Crippen LogP contribution is -2.57. The third-order valence-corrected chi connectivity index (χ3v) is 7.52. The molecule has 0 unspecified atom stereocenters. The van der Waals surface area contributed by atoms with E-state index in [1.165, 1.54) is 33.5 Å². The molecule has 0 radical (unpaired) electrons. The Hall–Kier alpha value is -4.44. The molecule has 2 fully saturated rings. The minimum atomic E-state index is -1.84. The van der Waals surface area contributed by atoms with Crippen molar-refractivity contribution >= 4 is 23.5 Å². The number of methoxy groups -OCH3 is 3. The number of hydrogen-bond donors (Lipinski definition) is 2. The molecule has 39 heavy (non-hydrogen) atoms. The molecule has 10 heteroatoms. The summed E-state index contributed by atoms with van der Waals surface area (Å²) in [4.78, 5) is 42.0. The molecule has 0 aromatic heterocycles. The van der Waals surface area contributed by atoms with E-state index in [1.54, 1.807) is 42.5 Å². The minimum absolute atomic E-state index is 0.0628. The van der Waals surface area contributed by atoms with Crippen LogP contribution in [0.2, 0.25) is 0 Å². The molecule has 2 aliphatic heterocycles. The quantitative estimate of drug-likeness (QED) is 0.423. The average molecular weight is 535 g/mol. The Morgan fingerprint density at radius 1 is 0.923 bits per heavy atom. The van der Waals surface area contributed by atoms with Crippen molar-refractivity contribution in [3.63, 3.8) is 0 Å². The Labute approximate surface area is 224 Å². The Morgan fingerprint density at radius 3 is 2.18 bits per heavy atom. The molecule has 0 saturated carbocycles. The van der Waals surface area contributed by atoms with Gasteiger partial charge in [-0.15, -0.1) is 0 Å². The SMILES string of the molecule is COc1ccc([C@@H]2N[C@](Cc3ccccc3)(C(=O)O)[C@H]3C(=O)N(c4ccc(F)cc4)C(=O)[C@@H]23)c(OC)c1OC. The molecule has 3 aromatic rings. The van der Waals surface area contributed by atoms with Gasteiger partial charge in [-0.1, -0.05) is 30.3 Å². The number of aliphatic carboxylic acids is 1. The minimum Gasteiger partial charge on any atom is -0.493 e. The maximum Gasteiger partial charge on any atom is 0.325 e. The first-order valence-electron chi connectivity index (χ1n) is 12.2. The van der Waals surface area contributed by atoms with Crippen molar-refractivity contribution < 1.29 is 38.1 Å². The van der Waals surface area contributed by atoms with Gasteiger partial charge in [0.15, 0.2) is 11.5 Å². The molecular weight excluding hydrogens is 507 g/mol. The molecular formula is C29H27FN2O7. The third-order valence-electron chi connectivity index (χ3n) is 7.52. The zero-order chi connectivity index (χ0) is 27.9. The van der Waals surface area contributed by atoms with Crippen LogP contribution in [0.15, 0.2) is 66.7 Å². The monoisotopic (exact) mass is 534 g/mol. The highest BCUT2D eigenvalue weighted by Crippen LogP contribution is 2.54. The van der Waals surface area contributed by atoms with Crippen LogP contribution in [-0.4, -0.2) is 49.8 Å². The second-order valence-corrected chi connectivity index (χ2v) is 9.48. The second kappa shape index (κ2) is 10.0. The van der Waals surface area contributed by atoms with E-state index in [1.807, 2.05) is 0 Å². The first-order valence-corrected chi connectivity index (χ1v) is 12.2. The summed E-state index contributed by atoms with van der Waals surface area (Å²) in [6.45, 7) is 0. The van der Waals surface area contributed by atoms with Crippen molar-refractivity contribution in [2.24, 2.45) is 11.8 Å². The first kappa shape index (κ1) is 26.2. The summed E-state index contributed by atoms with van der Waals surface area (Å²) in [5, 5.41) is 13.8. The molecule has 2 amide bonds. The number of halogens is 1. The zero-order valence-corrected chi connectivity index (χ0v) is 21.5. The summed E-state index contributed by atoms with van der Waals surface area (Å²) in [5.74, 6) is -4.56. The van der Waals surface area contributed by atoms with Gasteiger partial charge in [0.25, 0.3) is 0 Å². The number of imide groups is 1. The number of amides is 2. The molecule has 4 atom stereocenters. The number of fused-ring (bicyclic) bond motifs is 1. The molecule has 0 spiro atoms. The van der Waals surface area contributed by atoms with Crippen LogP contribution in [0, 0.1) is 17.7 Å². The molecule has 0 aliphatic carbocycles. The van der Waals surface area contributed by atoms with Crippen molar-refractivity contribution in [2.75, 3.05) is 26.2 Å². The van der Waals surface area contributed by atoms with Crippen LogP contribution in [0.1, 0.15) is 17.2 Å². The molecule has 3 aromatic carbocycles. The lowest BCUT2D eigenvalue weighted by Gasteiger charge is -2.31. The second-order valence-electron chi connectivity index (χ2n) is 9.48. The number of benzene rings is 3. The number of carbonyl (C=O) groups is 3. The van der Waals surface area contributed by atoms with E-state index in [-0.39, 0.29) is 23.6 Å². The van der Waals surface area contributed by atoms with E-state index in [0.29, 0.717) is 16.9 Å². The number of carbonyl (C=O) groups excluding carboxylic acids is 2. The normalized spacial score (nSPS) is 24.0. The summed E-state index contributed by atoms with van der Waals surface area (Å²) < 4.78 is 30.2. The summed E-state index contributed by atoms with van der Waals surface area (Å²) in [6.07, 6.45) is -0.0628. The number of hydrogen-bond acceptors (Lipinski definition) is 7. The lowest BCUT2D eigenvalue weighted by molar-refractivity contribution is -0.148. The van der Waals surface area contributed by atoms with E-state index >= 15 is 0 Å². The van der Waals surface area contributed by atoms with Gasteiger partial charge in [0, 0.05) is 18.0 Å². The largest absolute Gasteiger partial charge is 0.493 e. The van der Waals surface area contributed by atoms with Crippen LogP contribution in [0.4, 0.5) is 10.1 Å². The van der Waals surface area contributed by atoms with Gasteiger partial charge >= 0.3 is 5.97 Å². The number of rotatable bonds is 8. The van der Waals surface area contributed by atoms with E-state index in [0.717, 1.165) is 17.0 Å². The fourth-order valence-corrected chi connectivity index (χ4v) is 5.84. The number of nitrogens with zero attached hydrogens (tertiary/aromatic N) is 1. The van der Waals surface area contributed by atoms with E-state index < -0.39 is 47.0 Å². The summed E-state index contributed by atoms with van der Waals surface area (Å²) >= 11 is 0. The van der Waals surface area contributed by atoms with E-state index in [4.69, 9.17) is 14.2 Å². The third kappa shape index (κ3) is 4.08. The Bertz CT molecular complexity index is 1430. The van der Waals surface area contributed by atoms with Gasteiger partial charge in [0.2, 0.25) is 17.6 Å². The molecule has 2 aliphatic rings. The Balaban J connectivity index is 1.71. The Morgan fingerprint density at radius 2 is 1.59 bits per heavy atom. The number of carboxylic acid groups (broad SMARTS) is 1. The van der Waals surface area contributed by atoms with Crippen LogP contribution in [-0.2, 0) is 20.8 Å². The number of anilines is 1. The standard InChI is InChI=1S/C29H27FN2O7/c1-37-20-14-13-19(24(38-2)25(20)39-3)23-21-22(27(34)32(26(21)33)18-11-9-17(30)10-12-18)29(31-23,28(35)36)15-16-7-5-4-6-8-16/h4-14,21-23,31H,15H2,1-3H3,(H,35,36)/t21-,22-,23+,29+/m1/s1. The maximum absolute atomic E-state index is 14.0. The molecule has 202 valence electrons. The predicted molar refractivity (Wildman–Crippen MR) is 138 cm³/mol. The number of nitrogens with one attached hydrogen (secondary N) is 1. The Kier molecular flexibility index (Phi) is 6.73. The summed E-state index contributed by atoms with van der Waals surface area (Å²) in [6, 6.07) is 16.2. The summed E-state index contributed by atoms with van der Waals surface area (Å²) in [7, 11) is 4.33. The highest BCUT2D eigenvalue weighted by molar-refractivity contribution is 6.24. The fraction of sp³-hybridized carbons (Fsp3) is 0.276. The molecule has 5 rings (SSSR count). The highest BCUT2D eigenvalue weighted by Gasteiger charge is 2.69. The van der Waals surface area contributed by atoms with Gasteiger partial charge in [-0.3, -0.25) is 19.7 Å². The molecule has 2 heterocycles. The van der Waals surface area contributed by atoms with Crippen molar-refractivity contribution in [3.05, 3.63) is 83.7 Å². The molecule has 2 saturated heterocycles. The van der Waals surface area contributed by atoms with E-state index in [9.17, 15) is 23.9 Å². The van der Waals surface area contributed by atoms with Gasteiger partial charge in [-0.25, -0.2) is 9.29 Å². The van der Waals surface area contributed by atoms with Crippen LogP contribution < -0.4 is 24.4 Å². The van der Waals surface area contributed by atoms with Crippen LogP contribution in [0.25, 0.3) is 0 Å². The van der Waals surface area contributed by atoms with E-state index in [2.05, 4.69) is 5.32 Å². The fourth-order valence-electron chi connectivity index (χ4n) is 5.84. The maximum atomic E-state index is 14.0. The number of carboxylic acids is 1. The summed E-state index contributed by atoms with van der Waals surface area (Å²) in [5.41, 5.74) is -0.566. The highest BCUT2D eigenvalue weighted by atomic mass is 19.1. The van der Waals surface area contributed by atoms with Gasteiger partial charge < -0.3 is 19.3 Å². The predicted octanol–water partition coefficient (Wildman–Crippen LogP) is 3.37. The topological polar surface area (TPSA) is 114 Å². The molecule has 9 nitrogen and oxygen atoms in total. The van der Waals surface area contributed by atoms with Crippen LogP contribution in [0.3, 0.4) is 0 Å². The number of ether oxygens (including phenoxy) is 3. The van der Waals surface area contributed by atoms with Gasteiger partial charge in [0.05, 0.1) is 38.9 Å². The zero-order valence-electron chi connectivity index (χ0n) is 21.5. The first-order chi connectivity index (χ1) is 18.8. The molecule has 2 N–H and O–H groups in total.